The third-order valence-electron chi connectivity index (χ3n) is 7.83. The number of carbonyl (C=O) groups is 2. The fourth-order valence-corrected chi connectivity index (χ4v) is 6.74. The van der Waals surface area contributed by atoms with Gasteiger partial charge in [0.05, 0.1) is 11.9 Å². The van der Waals surface area contributed by atoms with Crippen molar-refractivity contribution in [1.82, 2.24) is 10.2 Å². The lowest BCUT2D eigenvalue weighted by atomic mass is 10.0. The van der Waals surface area contributed by atoms with Gasteiger partial charge >= 0.3 is 0 Å². The summed E-state index contributed by atoms with van der Waals surface area (Å²) in [4.78, 5) is 29.4. The molecule has 1 atom stereocenters. The molecule has 7 nitrogen and oxygen atoms in total. The number of rotatable bonds is 13. The van der Waals surface area contributed by atoms with Crippen molar-refractivity contribution in [2.24, 2.45) is 0 Å². The summed E-state index contributed by atoms with van der Waals surface area (Å²) in [7, 11) is -3.62. The molecule has 3 aromatic rings. The van der Waals surface area contributed by atoms with Crippen LogP contribution in [0, 0.1) is 6.92 Å². The molecule has 3 aromatic carbocycles. The first-order valence-electron chi connectivity index (χ1n) is 14.5. The second kappa shape index (κ2) is 14.7. The summed E-state index contributed by atoms with van der Waals surface area (Å²) in [5.74, 6) is -0.347. The van der Waals surface area contributed by atoms with E-state index in [4.69, 9.17) is 11.6 Å². The first-order chi connectivity index (χ1) is 20.1. The Morgan fingerprint density at radius 3 is 2.17 bits per heavy atom. The standard InChI is InChI=1S/C33H40ClN3O4S/c1-25-29(34)19-11-20-30(25)37(42(2,40)41)22-12-21-32(38)36(24-27-15-7-4-8-16-27)31(23-26-13-5-3-6-14-26)33(39)35-28-17-9-10-18-28/h3-8,11,13-16,19-20,28,31H,9-10,12,17-18,21-24H2,1-2H3,(H,35,39). The molecular weight excluding hydrogens is 570 g/mol. The zero-order valence-electron chi connectivity index (χ0n) is 24.3. The molecule has 1 saturated carbocycles. The van der Waals surface area contributed by atoms with E-state index < -0.39 is 16.1 Å². The topological polar surface area (TPSA) is 86.8 Å². The lowest BCUT2D eigenvalue weighted by Gasteiger charge is -2.33. The van der Waals surface area contributed by atoms with Gasteiger partial charge in [0.1, 0.15) is 6.04 Å². The molecule has 224 valence electrons. The fraction of sp³-hybridized carbons (Fsp3) is 0.394. The minimum Gasteiger partial charge on any atom is -0.352 e. The molecular formula is C33H40ClN3O4S. The van der Waals surface area contributed by atoms with Gasteiger partial charge in [-0.3, -0.25) is 13.9 Å². The van der Waals surface area contributed by atoms with Crippen LogP contribution in [0.5, 0.6) is 0 Å². The van der Waals surface area contributed by atoms with E-state index in [0.29, 0.717) is 22.7 Å². The molecule has 0 aromatic heterocycles. The fourth-order valence-electron chi connectivity index (χ4n) is 5.55. The van der Waals surface area contributed by atoms with Crippen LogP contribution in [0.2, 0.25) is 5.02 Å². The quantitative estimate of drug-likeness (QED) is 0.262. The zero-order chi connectivity index (χ0) is 30.1. The Labute approximate surface area is 254 Å². The number of nitrogens with zero attached hydrogens (tertiary/aromatic N) is 2. The number of halogens is 1. The van der Waals surface area contributed by atoms with E-state index >= 15 is 0 Å². The van der Waals surface area contributed by atoms with E-state index in [9.17, 15) is 18.0 Å². The summed E-state index contributed by atoms with van der Waals surface area (Å²) >= 11 is 6.28. The average molecular weight is 610 g/mol. The summed E-state index contributed by atoms with van der Waals surface area (Å²) in [5.41, 5.74) is 3.05. The van der Waals surface area contributed by atoms with Crippen LogP contribution in [0.15, 0.2) is 78.9 Å². The minimum atomic E-state index is -3.62. The van der Waals surface area contributed by atoms with Gasteiger partial charge in [-0.1, -0.05) is 91.2 Å². The monoisotopic (exact) mass is 609 g/mol. The van der Waals surface area contributed by atoms with E-state index in [-0.39, 0.29) is 43.8 Å². The van der Waals surface area contributed by atoms with Gasteiger partial charge in [-0.2, -0.15) is 0 Å². The third kappa shape index (κ3) is 8.58. The summed E-state index contributed by atoms with van der Waals surface area (Å²) < 4.78 is 26.8. The van der Waals surface area contributed by atoms with E-state index in [1.54, 1.807) is 30.0 Å². The van der Waals surface area contributed by atoms with Crippen LogP contribution in [0.1, 0.15) is 55.2 Å². The van der Waals surface area contributed by atoms with Gasteiger partial charge in [0.2, 0.25) is 21.8 Å². The maximum Gasteiger partial charge on any atom is 0.243 e. The van der Waals surface area contributed by atoms with E-state index in [1.807, 2.05) is 60.7 Å². The van der Waals surface area contributed by atoms with E-state index in [1.165, 1.54) is 4.31 Å². The smallest absolute Gasteiger partial charge is 0.243 e. The third-order valence-corrected chi connectivity index (χ3v) is 9.42. The summed E-state index contributed by atoms with van der Waals surface area (Å²) in [6, 6.07) is 23.9. The van der Waals surface area contributed by atoms with Crippen molar-refractivity contribution >= 4 is 39.1 Å². The molecule has 9 heteroatoms. The maximum atomic E-state index is 14.0. The summed E-state index contributed by atoms with van der Waals surface area (Å²) in [6.07, 6.45) is 5.97. The van der Waals surface area contributed by atoms with Gasteiger partial charge in [-0.15, -0.1) is 0 Å². The normalized spacial score (nSPS) is 14.4. The highest BCUT2D eigenvalue weighted by atomic mass is 35.5. The molecule has 1 aliphatic carbocycles. The van der Waals surface area contributed by atoms with Crippen molar-refractivity contribution in [2.75, 3.05) is 17.1 Å². The highest BCUT2D eigenvalue weighted by Gasteiger charge is 2.32. The molecule has 1 N–H and O–H groups in total. The average Bonchev–Trinajstić information content (AvgIpc) is 3.48. The van der Waals surface area contributed by atoms with Crippen molar-refractivity contribution < 1.29 is 18.0 Å². The second-order valence-corrected chi connectivity index (χ2v) is 13.3. The SMILES string of the molecule is Cc1c(Cl)cccc1N(CCCC(=O)N(Cc1ccccc1)C(Cc1ccccc1)C(=O)NC1CCCC1)S(C)(=O)=O. The number of amides is 2. The van der Waals surface area contributed by atoms with E-state index in [0.717, 1.165) is 43.1 Å². The Morgan fingerprint density at radius 2 is 1.55 bits per heavy atom. The molecule has 1 fully saturated rings. The lowest BCUT2D eigenvalue weighted by Crippen LogP contribution is -2.52. The van der Waals surface area contributed by atoms with Gasteiger partial charge in [-0.05, 0) is 55.0 Å². The van der Waals surface area contributed by atoms with Crippen LogP contribution in [0.25, 0.3) is 0 Å². The van der Waals surface area contributed by atoms with Crippen LogP contribution >= 0.6 is 11.6 Å². The van der Waals surface area contributed by atoms with Gasteiger partial charge in [-0.25, -0.2) is 8.42 Å². The van der Waals surface area contributed by atoms with Crippen molar-refractivity contribution in [3.63, 3.8) is 0 Å². The molecule has 1 aliphatic rings. The van der Waals surface area contributed by atoms with Crippen LogP contribution in [0.3, 0.4) is 0 Å². The first kappa shape index (κ1) is 31.6. The van der Waals surface area contributed by atoms with Crippen LogP contribution in [0.4, 0.5) is 5.69 Å². The molecule has 0 saturated heterocycles. The van der Waals surface area contributed by atoms with E-state index in [2.05, 4.69) is 5.32 Å². The van der Waals surface area contributed by atoms with Gasteiger partial charge < -0.3 is 10.2 Å². The molecule has 0 spiro atoms. The van der Waals surface area contributed by atoms with Crippen molar-refractivity contribution in [1.29, 1.82) is 0 Å². The highest BCUT2D eigenvalue weighted by molar-refractivity contribution is 7.92. The Bertz CT molecular complexity index is 1440. The van der Waals surface area contributed by atoms with Crippen molar-refractivity contribution in [2.45, 2.75) is 70.5 Å². The Kier molecular flexibility index (Phi) is 11.0. The van der Waals surface area contributed by atoms with Crippen LogP contribution < -0.4 is 9.62 Å². The Hall–Kier alpha value is -3.36. The predicted octanol–water partition coefficient (Wildman–Crippen LogP) is 5.89. The van der Waals surface area contributed by atoms with Gasteiger partial charge in [0.25, 0.3) is 0 Å². The number of hydrogen-bond acceptors (Lipinski definition) is 4. The molecule has 0 bridgehead atoms. The number of anilines is 1. The lowest BCUT2D eigenvalue weighted by molar-refractivity contribution is -0.141. The van der Waals surface area contributed by atoms with Crippen molar-refractivity contribution in [3.8, 4) is 0 Å². The molecule has 4 rings (SSSR count). The van der Waals surface area contributed by atoms with Crippen molar-refractivity contribution in [3.05, 3.63) is 101 Å². The summed E-state index contributed by atoms with van der Waals surface area (Å²) in [5, 5.41) is 3.69. The van der Waals surface area contributed by atoms with Gasteiger partial charge in [0, 0.05) is 37.0 Å². The van der Waals surface area contributed by atoms with Gasteiger partial charge in [0.15, 0.2) is 0 Å². The number of benzene rings is 3. The zero-order valence-corrected chi connectivity index (χ0v) is 25.9. The second-order valence-electron chi connectivity index (χ2n) is 11.0. The Morgan fingerprint density at radius 1 is 0.929 bits per heavy atom. The number of sulfonamides is 1. The molecule has 1 unspecified atom stereocenters. The first-order valence-corrected chi connectivity index (χ1v) is 16.8. The number of nitrogens with one attached hydrogen (secondary N) is 1. The summed E-state index contributed by atoms with van der Waals surface area (Å²) in [6.45, 7) is 2.17. The Balaban J connectivity index is 1.58. The minimum absolute atomic E-state index is 0.0838. The number of hydrogen-bond donors (Lipinski definition) is 1. The predicted molar refractivity (Wildman–Crippen MR) is 169 cm³/mol. The highest BCUT2D eigenvalue weighted by Crippen LogP contribution is 2.29. The molecule has 42 heavy (non-hydrogen) atoms. The largest absolute Gasteiger partial charge is 0.352 e. The molecule has 0 radical (unpaired) electrons. The maximum absolute atomic E-state index is 14.0. The molecule has 0 heterocycles. The molecule has 0 aliphatic heterocycles. The van der Waals surface area contributed by atoms with Crippen LogP contribution in [-0.4, -0.2) is 50.0 Å². The van der Waals surface area contributed by atoms with Crippen LogP contribution in [-0.2, 0) is 32.6 Å². The number of carbonyl (C=O) groups excluding carboxylic acids is 2. The molecule has 2 amide bonds.